The maximum absolute atomic E-state index is 12.5. The normalized spacial score (nSPS) is 13.6. The van der Waals surface area contributed by atoms with E-state index in [4.69, 9.17) is 0 Å². The van der Waals surface area contributed by atoms with Gasteiger partial charge in [-0.15, -0.1) is 0 Å². The molecule has 0 aromatic heterocycles. The van der Waals surface area contributed by atoms with E-state index in [0.717, 1.165) is 16.7 Å². The average molecular weight is 324 g/mol. The second-order valence-corrected chi connectivity index (χ2v) is 5.26. The highest BCUT2D eigenvalue weighted by atomic mass is 16.3. The maximum Gasteiger partial charge on any atom is 0.234 e. The first kappa shape index (κ1) is 19.3. The summed E-state index contributed by atoms with van der Waals surface area (Å²) in [6.45, 7) is 10.8. The van der Waals surface area contributed by atoms with Crippen LogP contribution in [0.2, 0.25) is 0 Å². The molecule has 0 saturated heterocycles. The van der Waals surface area contributed by atoms with Gasteiger partial charge in [-0.3, -0.25) is 9.79 Å². The third-order valence-corrected chi connectivity index (χ3v) is 3.44. The molecule has 0 fully saturated rings. The first-order valence-corrected chi connectivity index (χ1v) is 7.66. The molecule has 4 heteroatoms. The van der Waals surface area contributed by atoms with E-state index < -0.39 is 5.92 Å². The van der Waals surface area contributed by atoms with Gasteiger partial charge in [0.15, 0.2) is 0 Å². The molecular formula is C20H24N2O2. The van der Waals surface area contributed by atoms with Crippen LogP contribution in [0, 0.1) is 0 Å². The van der Waals surface area contributed by atoms with Crippen LogP contribution in [0.4, 0.5) is 0 Å². The Hall–Kier alpha value is -2.72. The van der Waals surface area contributed by atoms with Crippen molar-refractivity contribution in [3.8, 4) is 0 Å². The Kier molecular flexibility index (Phi) is 8.16. The van der Waals surface area contributed by atoms with E-state index in [1.165, 1.54) is 0 Å². The second kappa shape index (κ2) is 10.1. The second-order valence-electron chi connectivity index (χ2n) is 5.26. The molecule has 0 bridgehead atoms. The van der Waals surface area contributed by atoms with E-state index in [0.29, 0.717) is 5.70 Å². The van der Waals surface area contributed by atoms with Crippen molar-refractivity contribution < 1.29 is 9.90 Å². The number of benzene rings is 1. The minimum atomic E-state index is -0.617. The fourth-order valence-electron chi connectivity index (χ4n) is 2.06. The van der Waals surface area contributed by atoms with Crippen LogP contribution in [0.15, 0.2) is 83.2 Å². The first-order chi connectivity index (χ1) is 11.5. The molecule has 0 aliphatic carbocycles. The zero-order chi connectivity index (χ0) is 17.9. The molecule has 1 aromatic carbocycles. The molecule has 1 atom stereocenters. The molecule has 0 aliphatic heterocycles. The molecule has 1 amide bonds. The SMILES string of the molecule is C=N/C=C\C(=C\C(=CC)NC(=O)C(CO)c1ccccc1)C(=C)C. The van der Waals surface area contributed by atoms with E-state index in [2.05, 4.69) is 23.6 Å². The lowest BCUT2D eigenvalue weighted by Crippen LogP contribution is -2.30. The number of aliphatic hydroxyl groups is 1. The maximum atomic E-state index is 12.5. The lowest BCUT2D eigenvalue weighted by molar-refractivity contribution is -0.122. The number of nitrogens with zero attached hydrogens (tertiary/aromatic N) is 1. The van der Waals surface area contributed by atoms with E-state index in [9.17, 15) is 9.90 Å². The number of rotatable bonds is 8. The van der Waals surface area contributed by atoms with Crippen molar-refractivity contribution >= 4 is 12.6 Å². The van der Waals surface area contributed by atoms with Gasteiger partial charge in [0.05, 0.1) is 12.5 Å². The van der Waals surface area contributed by atoms with Crippen molar-refractivity contribution in [2.75, 3.05) is 6.61 Å². The number of aliphatic imine (C=N–C) groups is 1. The number of amides is 1. The molecule has 1 unspecified atom stereocenters. The summed E-state index contributed by atoms with van der Waals surface area (Å²) in [7, 11) is 0. The van der Waals surface area contributed by atoms with Crippen molar-refractivity contribution in [2.24, 2.45) is 4.99 Å². The molecule has 4 nitrogen and oxygen atoms in total. The van der Waals surface area contributed by atoms with Gasteiger partial charge in [-0.2, -0.15) is 0 Å². The molecule has 1 aromatic rings. The smallest absolute Gasteiger partial charge is 0.234 e. The minimum Gasteiger partial charge on any atom is -0.395 e. The van der Waals surface area contributed by atoms with Gasteiger partial charge in [-0.05, 0) is 43.9 Å². The minimum absolute atomic E-state index is 0.260. The Morgan fingerprint density at radius 2 is 2.04 bits per heavy atom. The predicted octanol–water partition coefficient (Wildman–Crippen LogP) is 3.50. The van der Waals surface area contributed by atoms with Crippen LogP contribution < -0.4 is 5.32 Å². The highest BCUT2D eigenvalue weighted by molar-refractivity contribution is 5.85. The monoisotopic (exact) mass is 324 g/mol. The van der Waals surface area contributed by atoms with Crippen LogP contribution >= 0.6 is 0 Å². The highest BCUT2D eigenvalue weighted by Gasteiger charge is 2.19. The van der Waals surface area contributed by atoms with Crippen LogP contribution in [0.1, 0.15) is 25.3 Å². The number of nitrogens with one attached hydrogen (secondary N) is 1. The summed E-state index contributed by atoms with van der Waals surface area (Å²) in [5.41, 5.74) is 3.07. The van der Waals surface area contributed by atoms with Gasteiger partial charge in [0, 0.05) is 11.9 Å². The summed E-state index contributed by atoms with van der Waals surface area (Å²) in [5, 5.41) is 12.4. The average Bonchev–Trinajstić information content (AvgIpc) is 2.58. The molecule has 0 saturated carbocycles. The van der Waals surface area contributed by atoms with Crippen molar-refractivity contribution in [2.45, 2.75) is 19.8 Å². The van der Waals surface area contributed by atoms with Crippen LogP contribution in [0.3, 0.4) is 0 Å². The first-order valence-electron chi connectivity index (χ1n) is 7.66. The molecule has 24 heavy (non-hydrogen) atoms. The summed E-state index contributed by atoms with van der Waals surface area (Å²) in [6.07, 6.45) is 6.93. The van der Waals surface area contributed by atoms with Gasteiger partial charge < -0.3 is 10.4 Å². The molecule has 126 valence electrons. The fourth-order valence-corrected chi connectivity index (χ4v) is 2.06. The summed E-state index contributed by atoms with van der Waals surface area (Å²) >= 11 is 0. The van der Waals surface area contributed by atoms with Crippen LogP contribution in [-0.4, -0.2) is 24.3 Å². The molecular weight excluding hydrogens is 300 g/mol. The molecule has 0 aliphatic rings. The molecule has 1 rings (SSSR count). The van der Waals surface area contributed by atoms with Crippen molar-refractivity contribution in [1.82, 2.24) is 5.32 Å². The summed E-state index contributed by atoms with van der Waals surface area (Å²) in [5.74, 6) is -0.881. The number of aliphatic hydroxyl groups excluding tert-OH is 1. The number of hydrogen-bond acceptors (Lipinski definition) is 3. The zero-order valence-corrected chi connectivity index (χ0v) is 14.2. The van der Waals surface area contributed by atoms with E-state index in [1.807, 2.05) is 44.2 Å². The number of hydrogen-bond donors (Lipinski definition) is 2. The Morgan fingerprint density at radius 3 is 2.54 bits per heavy atom. The third kappa shape index (κ3) is 5.82. The van der Waals surface area contributed by atoms with Crippen LogP contribution in [0.25, 0.3) is 0 Å². The highest BCUT2D eigenvalue weighted by Crippen LogP contribution is 2.17. The van der Waals surface area contributed by atoms with E-state index in [-0.39, 0.29) is 12.5 Å². The van der Waals surface area contributed by atoms with Gasteiger partial charge in [-0.1, -0.05) is 48.6 Å². The summed E-state index contributed by atoms with van der Waals surface area (Å²) < 4.78 is 0. The van der Waals surface area contributed by atoms with Crippen molar-refractivity contribution in [3.05, 3.63) is 83.7 Å². The van der Waals surface area contributed by atoms with Crippen LogP contribution in [-0.2, 0) is 4.79 Å². The van der Waals surface area contributed by atoms with Gasteiger partial charge in [0.1, 0.15) is 0 Å². The van der Waals surface area contributed by atoms with Gasteiger partial charge in [0.2, 0.25) is 5.91 Å². The fraction of sp³-hybridized carbons (Fsp3) is 0.200. The third-order valence-electron chi connectivity index (χ3n) is 3.44. The van der Waals surface area contributed by atoms with Gasteiger partial charge in [-0.25, -0.2) is 0 Å². The predicted molar refractivity (Wildman–Crippen MR) is 99.8 cm³/mol. The zero-order valence-electron chi connectivity index (χ0n) is 14.2. The quantitative estimate of drug-likeness (QED) is 0.568. The molecule has 0 radical (unpaired) electrons. The van der Waals surface area contributed by atoms with Crippen LogP contribution in [0.5, 0.6) is 0 Å². The van der Waals surface area contributed by atoms with Crippen molar-refractivity contribution in [1.29, 1.82) is 0 Å². The van der Waals surface area contributed by atoms with Gasteiger partial charge >= 0.3 is 0 Å². The van der Waals surface area contributed by atoms with Gasteiger partial charge in [0.25, 0.3) is 0 Å². The Morgan fingerprint density at radius 1 is 1.38 bits per heavy atom. The molecule has 0 spiro atoms. The summed E-state index contributed by atoms with van der Waals surface area (Å²) in [6, 6.07) is 9.20. The lowest BCUT2D eigenvalue weighted by atomic mass is 9.99. The Labute approximate surface area is 143 Å². The number of carbonyl (C=O) groups excluding carboxylic acids is 1. The van der Waals surface area contributed by atoms with Crippen molar-refractivity contribution in [3.63, 3.8) is 0 Å². The molecule has 2 N–H and O–H groups in total. The van der Waals surface area contributed by atoms with E-state index in [1.54, 1.807) is 24.4 Å². The number of carbonyl (C=O) groups is 1. The lowest BCUT2D eigenvalue weighted by Gasteiger charge is -2.15. The number of allylic oxidation sites excluding steroid dienone is 5. The molecule has 0 heterocycles. The van der Waals surface area contributed by atoms with E-state index >= 15 is 0 Å². The Bertz CT molecular complexity index is 670. The largest absolute Gasteiger partial charge is 0.395 e. The standard InChI is InChI=1S/C20H24N2O2/c1-5-18(13-17(15(2)3)11-12-21-4)22-20(24)19(14-23)16-9-7-6-8-10-16/h5-13,19,23H,2,4,14H2,1,3H3,(H,22,24)/b12-11-,17-13-,18-5?. The topological polar surface area (TPSA) is 61.7 Å². The Balaban J connectivity index is 2.98. The summed E-state index contributed by atoms with van der Waals surface area (Å²) in [4.78, 5) is 16.2.